The molecule has 1 aliphatic heterocycles. The van der Waals surface area contributed by atoms with Gasteiger partial charge in [0.05, 0.1) is 24.9 Å². The predicted octanol–water partition coefficient (Wildman–Crippen LogP) is 3.05. The molecule has 0 saturated carbocycles. The molecule has 0 saturated heterocycles. The monoisotopic (exact) mass is 377 g/mol. The number of benzene rings is 2. The van der Waals surface area contributed by atoms with Gasteiger partial charge in [-0.1, -0.05) is 18.2 Å². The van der Waals surface area contributed by atoms with Crippen molar-refractivity contribution < 1.29 is 14.3 Å². The molecule has 8 heteroatoms. The number of aromatic amines is 1. The highest BCUT2D eigenvalue weighted by Crippen LogP contribution is 2.33. The van der Waals surface area contributed by atoms with E-state index >= 15 is 0 Å². The van der Waals surface area contributed by atoms with E-state index in [0.29, 0.717) is 17.1 Å². The smallest absolute Gasteiger partial charge is 0.341 e. The van der Waals surface area contributed by atoms with Gasteiger partial charge in [0.15, 0.2) is 0 Å². The molecule has 3 aromatic rings. The van der Waals surface area contributed by atoms with Crippen molar-refractivity contribution in [1.29, 1.82) is 0 Å². The van der Waals surface area contributed by atoms with E-state index in [1.807, 2.05) is 30.3 Å². The molecule has 142 valence electrons. The highest BCUT2D eigenvalue weighted by atomic mass is 16.5. The maximum absolute atomic E-state index is 13.1. The lowest BCUT2D eigenvalue weighted by atomic mass is 9.87. The molecule has 4 rings (SSSR count). The van der Waals surface area contributed by atoms with E-state index in [4.69, 9.17) is 4.74 Å². The Labute approximate surface area is 161 Å². The van der Waals surface area contributed by atoms with Gasteiger partial charge in [-0.15, -0.1) is 0 Å². The first kappa shape index (κ1) is 17.7. The second-order valence-electron chi connectivity index (χ2n) is 6.56. The Morgan fingerprint density at radius 1 is 1.21 bits per heavy atom. The fourth-order valence-electron chi connectivity index (χ4n) is 3.48. The molecule has 3 N–H and O–H groups in total. The number of aromatic nitrogens is 2. The molecular formula is C20H19N5O3. The van der Waals surface area contributed by atoms with Crippen LogP contribution in [0.4, 0.5) is 10.5 Å². The summed E-state index contributed by atoms with van der Waals surface area (Å²) in [5.74, 6) is -0.339. The van der Waals surface area contributed by atoms with Crippen molar-refractivity contribution in [1.82, 2.24) is 15.5 Å². The molecule has 1 aromatic heterocycles. The van der Waals surface area contributed by atoms with Crippen molar-refractivity contribution in [3.05, 3.63) is 54.2 Å². The zero-order valence-corrected chi connectivity index (χ0v) is 15.4. The third kappa shape index (κ3) is 3.20. The van der Waals surface area contributed by atoms with E-state index < -0.39 is 18.0 Å². The summed E-state index contributed by atoms with van der Waals surface area (Å²) < 4.78 is 5.42. The van der Waals surface area contributed by atoms with Gasteiger partial charge in [-0.05, 0) is 31.2 Å². The Balaban J connectivity index is 1.68. The quantitative estimate of drug-likeness (QED) is 0.649. The maximum atomic E-state index is 13.1. The van der Waals surface area contributed by atoms with Gasteiger partial charge in [0, 0.05) is 22.3 Å². The van der Waals surface area contributed by atoms with Gasteiger partial charge >= 0.3 is 6.03 Å². The molecular weight excluding hydrogens is 358 g/mol. The Morgan fingerprint density at radius 3 is 2.86 bits per heavy atom. The lowest BCUT2D eigenvalue weighted by Crippen LogP contribution is -2.45. The first-order chi connectivity index (χ1) is 13.6. The zero-order valence-electron chi connectivity index (χ0n) is 15.4. The number of carbonyl (C=O) groups is 2. The lowest BCUT2D eigenvalue weighted by Gasteiger charge is -2.31. The highest BCUT2D eigenvalue weighted by molar-refractivity contribution is 6.13. The van der Waals surface area contributed by atoms with Crippen LogP contribution in [0.1, 0.15) is 18.5 Å². The first-order valence-electron chi connectivity index (χ1n) is 8.79. The second kappa shape index (κ2) is 7.15. The van der Waals surface area contributed by atoms with E-state index in [1.54, 1.807) is 32.4 Å². The number of urea groups is 1. The minimum atomic E-state index is -0.672. The van der Waals surface area contributed by atoms with Gasteiger partial charge in [-0.2, -0.15) is 5.10 Å². The molecule has 0 radical (unpaired) electrons. The fraction of sp³-hybridized carbons (Fsp3) is 0.200. The number of anilines is 1. The average Bonchev–Trinajstić information content (AvgIpc) is 3.15. The van der Waals surface area contributed by atoms with Crippen LogP contribution in [0.3, 0.4) is 0 Å². The van der Waals surface area contributed by atoms with Crippen LogP contribution in [0.15, 0.2) is 53.7 Å². The molecule has 2 heterocycles. The van der Waals surface area contributed by atoms with Gasteiger partial charge < -0.3 is 15.4 Å². The molecule has 0 fully saturated rings. The van der Waals surface area contributed by atoms with Gasteiger partial charge in [-0.25, -0.2) is 9.79 Å². The molecule has 28 heavy (non-hydrogen) atoms. The second-order valence-corrected chi connectivity index (χ2v) is 6.56. The van der Waals surface area contributed by atoms with Gasteiger partial charge in [0.1, 0.15) is 11.7 Å². The number of aliphatic imine (C=N–C) groups is 1. The average molecular weight is 377 g/mol. The number of H-pyrrole nitrogens is 1. The number of carbonyl (C=O) groups excluding carboxylic acids is 2. The Hall–Kier alpha value is -3.68. The summed E-state index contributed by atoms with van der Waals surface area (Å²) >= 11 is 0. The molecule has 1 aliphatic rings. The summed E-state index contributed by atoms with van der Waals surface area (Å²) in [4.78, 5) is 29.1. The molecule has 2 aromatic carbocycles. The van der Waals surface area contributed by atoms with Gasteiger partial charge in [0.25, 0.3) is 0 Å². The zero-order chi connectivity index (χ0) is 19.7. The number of hydrogen-bond acceptors (Lipinski definition) is 4. The number of methoxy groups -OCH3 is 1. The molecule has 0 bridgehead atoms. The molecule has 3 amide bonds. The summed E-state index contributed by atoms with van der Waals surface area (Å²) in [7, 11) is 1.56. The van der Waals surface area contributed by atoms with Crippen LogP contribution in [-0.2, 0) is 4.79 Å². The SMILES string of the molecule is COc1ccccc1C1NC(=O)N=C(C)C1C(=O)Nc1ccc2[nH]ncc2c1. The number of fused-ring (bicyclic) bond motifs is 1. The van der Waals surface area contributed by atoms with E-state index in [1.165, 1.54) is 0 Å². The third-order valence-corrected chi connectivity index (χ3v) is 4.80. The van der Waals surface area contributed by atoms with Gasteiger partial charge in [-0.3, -0.25) is 9.89 Å². The van der Waals surface area contributed by atoms with Crippen molar-refractivity contribution in [3.8, 4) is 5.75 Å². The Morgan fingerprint density at radius 2 is 2.04 bits per heavy atom. The third-order valence-electron chi connectivity index (χ3n) is 4.80. The van der Waals surface area contributed by atoms with E-state index in [2.05, 4.69) is 25.8 Å². The van der Waals surface area contributed by atoms with Crippen LogP contribution in [0.5, 0.6) is 5.75 Å². The molecule has 0 spiro atoms. The molecule has 2 unspecified atom stereocenters. The Bertz CT molecular complexity index is 1090. The summed E-state index contributed by atoms with van der Waals surface area (Å²) in [5.41, 5.74) is 2.69. The van der Waals surface area contributed by atoms with Crippen LogP contribution >= 0.6 is 0 Å². The van der Waals surface area contributed by atoms with Crippen LogP contribution in [0.2, 0.25) is 0 Å². The van der Waals surface area contributed by atoms with E-state index in [0.717, 1.165) is 16.5 Å². The maximum Gasteiger partial charge on any atom is 0.341 e. The van der Waals surface area contributed by atoms with Crippen LogP contribution < -0.4 is 15.4 Å². The van der Waals surface area contributed by atoms with Crippen molar-refractivity contribution >= 4 is 34.2 Å². The largest absolute Gasteiger partial charge is 0.496 e. The fourth-order valence-corrected chi connectivity index (χ4v) is 3.48. The summed E-state index contributed by atoms with van der Waals surface area (Å²) in [6.07, 6.45) is 1.69. The molecule has 0 aliphatic carbocycles. The Kier molecular flexibility index (Phi) is 4.52. The minimum absolute atomic E-state index is 0.264. The van der Waals surface area contributed by atoms with Crippen molar-refractivity contribution in [2.45, 2.75) is 13.0 Å². The number of para-hydroxylation sites is 1. The van der Waals surface area contributed by atoms with Crippen LogP contribution in [0, 0.1) is 5.92 Å². The van der Waals surface area contributed by atoms with Crippen molar-refractivity contribution in [3.63, 3.8) is 0 Å². The normalized spacial score (nSPS) is 19.1. The van der Waals surface area contributed by atoms with E-state index in [9.17, 15) is 9.59 Å². The van der Waals surface area contributed by atoms with Crippen LogP contribution in [0.25, 0.3) is 10.9 Å². The summed E-state index contributed by atoms with van der Waals surface area (Å²) in [5, 5.41) is 13.5. The number of ether oxygens (including phenoxy) is 1. The van der Waals surface area contributed by atoms with Gasteiger partial charge in [0.2, 0.25) is 5.91 Å². The molecule has 2 atom stereocenters. The first-order valence-corrected chi connectivity index (χ1v) is 8.79. The molecule has 8 nitrogen and oxygen atoms in total. The van der Waals surface area contributed by atoms with Crippen molar-refractivity contribution in [2.24, 2.45) is 10.9 Å². The number of rotatable bonds is 4. The van der Waals surface area contributed by atoms with Crippen molar-refractivity contribution in [2.75, 3.05) is 12.4 Å². The van der Waals surface area contributed by atoms with E-state index in [-0.39, 0.29) is 5.91 Å². The summed E-state index contributed by atoms with van der Waals surface area (Å²) in [6.45, 7) is 1.69. The number of nitrogens with one attached hydrogen (secondary N) is 3. The number of hydrogen-bond donors (Lipinski definition) is 3. The number of nitrogens with zero attached hydrogens (tertiary/aromatic N) is 2. The lowest BCUT2D eigenvalue weighted by molar-refractivity contribution is -0.118. The van der Waals surface area contributed by atoms with Crippen LogP contribution in [-0.4, -0.2) is 35.0 Å². The summed E-state index contributed by atoms with van der Waals surface area (Å²) in [6, 6.07) is 11.7. The minimum Gasteiger partial charge on any atom is -0.496 e. The number of amides is 3. The standard InChI is InChI=1S/C20H19N5O3/c1-11-17(19(26)23-13-7-8-15-12(9-13)10-21-25-15)18(24-20(27)22-11)14-5-3-4-6-16(14)28-2/h3-10,17-18H,1-2H3,(H,21,25)(H,23,26)(H,24,27). The topological polar surface area (TPSA) is 108 Å². The predicted molar refractivity (Wildman–Crippen MR) is 106 cm³/mol. The highest BCUT2D eigenvalue weighted by Gasteiger charge is 2.38.